The first-order chi connectivity index (χ1) is 12.7. The van der Waals surface area contributed by atoms with Crippen molar-refractivity contribution in [3.8, 4) is 17.0 Å². The molecule has 0 amide bonds. The number of aliphatic hydroxyl groups is 1. The van der Waals surface area contributed by atoms with Crippen LogP contribution in [0.1, 0.15) is 23.1 Å². The fraction of sp³-hybridized carbons (Fsp3) is 0.286. The highest BCUT2D eigenvalue weighted by Gasteiger charge is 2.35. The lowest BCUT2D eigenvalue weighted by Gasteiger charge is -2.24. The monoisotopic (exact) mass is 349 g/mol. The normalized spacial score (nSPS) is 18.7. The average Bonchev–Trinajstić information content (AvgIpc) is 3.28. The summed E-state index contributed by atoms with van der Waals surface area (Å²) in [7, 11) is 1.66. The fourth-order valence-electron chi connectivity index (χ4n) is 3.71. The molecule has 5 heteroatoms. The molecule has 1 aliphatic rings. The Morgan fingerprint density at radius 3 is 2.81 bits per heavy atom. The second-order valence-electron chi connectivity index (χ2n) is 6.79. The number of aryl methyl sites for hydroxylation is 1. The molecule has 1 aliphatic carbocycles. The molecule has 2 aromatic carbocycles. The van der Waals surface area contributed by atoms with Gasteiger partial charge in [0.25, 0.3) is 0 Å². The van der Waals surface area contributed by atoms with Crippen molar-refractivity contribution in [2.24, 2.45) is 0 Å². The van der Waals surface area contributed by atoms with Crippen LogP contribution in [0.15, 0.2) is 54.7 Å². The second kappa shape index (κ2) is 6.94. The van der Waals surface area contributed by atoms with Crippen molar-refractivity contribution < 1.29 is 9.84 Å². The molecule has 4 rings (SSSR count). The Bertz CT molecular complexity index is 888. The maximum atomic E-state index is 11.0. The van der Waals surface area contributed by atoms with Gasteiger partial charge in [-0.3, -0.25) is 5.10 Å². The maximum absolute atomic E-state index is 11.0. The summed E-state index contributed by atoms with van der Waals surface area (Å²) in [6.45, 7) is 1.17. The topological polar surface area (TPSA) is 70.2 Å². The minimum absolute atomic E-state index is 0.525. The summed E-state index contributed by atoms with van der Waals surface area (Å²) in [5.74, 6) is 0.829. The van der Waals surface area contributed by atoms with Crippen molar-refractivity contribution in [2.75, 3.05) is 13.7 Å². The molecule has 0 saturated carbocycles. The third-order valence-corrected chi connectivity index (χ3v) is 5.16. The molecule has 3 N–H and O–H groups in total. The standard InChI is InChI=1S/C21H23N3O2/c1-26-18-8-6-16(7-9-18)20-17(13-23-24-20)12-22-14-21(25)11-10-15-4-2-3-5-19(15)21/h2-9,13,22,25H,10-12,14H2,1H3,(H,23,24). The summed E-state index contributed by atoms with van der Waals surface area (Å²) in [4.78, 5) is 0. The Balaban J connectivity index is 1.44. The average molecular weight is 349 g/mol. The number of nitrogens with one attached hydrogen (secondary N) is 2. The Hall–Kier alpha value is -2.63. The largest absolute Gasteiger partial charge is 0.497 e. The number of aromatic nitrogens is 2. The first-order valence-corrected chi connectivity index (χ1v) is 8.88. The number of fused-ring (bicyclic) bond motifs is 1. The number of benzene rings is 2. The molecule has 0 spiro atoms. The van der Waals surface area contributed by atoms with Crippen molar-refractivity contribution in [3.05, 3.63) is 71.4 Å². The van der Waals surface area contributed by atoms with E-state index in [9.17, 15) is 5.11 Å². The molecule has 0 aliphatic heterocycles. The van der Waals surface area contributed by atoms with Gasteiger partial charge >= 0.3 is 0 Å². The van der Waals surface area contributed by atoms with Crippen LogP contribution in [-0.4, -0.2) is 29.0 Å². The highest BCUT2D eigenvalue weighted by Crippen LogP contribution is 2.36. The minimum atomic E-state index is -0.791. The Kier molecular flexibility index (Phi) is 4.49. The zero-order chi connectivity index (χ0) is 18.0. The zero-order valence-electron chi connectivity index (χ0n) is 14.8. The predicted octanol–water partition coefficient (Wildman–Crippen LogP) is 3.01. The highest BCUT2D eigenvalue weighted by molar-refractivity contribution is 5.63. The Morgan fingerprint density at radius 1 is 1.19 bits per heavy atom. The molecular formula is C21H23N3O2. The van der Waals surface area contributed by atoms with Crippen LogP contribution in [-0.2, 0) is 18.6 Å². The van der Waals surface area contributed by atoms with Gasteiger partial charge in [-0.05, 0) is 48.2 Å². The fourth-order valence-corrected chi connectivity index (χ4v) is 3.71. The van der Waals surface area contributed by atoms with Gasteiger partial charge in [-0.25, -0.2) is 0 Å². The molecule has 5 nitrogen and oxygen atoms in total. The lowest BCUT2D eigenvalue weighted by atomic mass is 9.96. The van der Waals surface area contributed by atoms with Crippen molar-refractivity contribution in [2.45, 2.75) is 25.0 Å². The molecule has 1 heterocycles. The zero-order valence-corrected chi connectivity index (χ0v) is 14.8. The second-order valence-corrected chi connectivity index (χ2v) is 6.79. The van der Waals surface area contributed by atoms with Crippen LogP contribution >= 0.6 is 0 Å². The van der Waals surface area contributed by atoms with Gasteiger partial charge in [0.2, 0.25) is 0 Å². The van der Waals surface area contributed by atoms with E-state index >= 15 is 0 Å². The van der Waals surface area contributed by atoms with Crippen LogP contribution in [0.4, 0.5) is 0 Å². The SMILES string of the molecule is COc1ccc(-c2[nH]ncc2CNCC2(O)CCc3ccccc32)cc1. The molecule has 3 aromatic rings. The molecular weight excluding hydrogens is 326 g/mol. The third kappa shape index (κ3) is 3.11. The summed E-state index contributed by atoms with van der Waals surface area (Å²) < 4.78 is 5.21. The van der Waals surface area contributed by atoms with Crippen molar-refractivity contribution in [3.63, 3.8) is 0 Å². The molecule has 0 radical (unpaired) electrons. The van der Waals surface area contributed by atoms with Crippen LogP contribution in [0, 0.1) is 0 Å². The van der Waals surface area contributed by atoms with Crippen LogP contribution in [0.5, 0.6) is 5.75 Å². The van der Waals surface area contributed by atoms with E-state index in [-0.39, 0.29) is 0 Å². The molecule has 0 fully saturated rings. The number of rotatable bonds is 6. The number of ether oxygens (including phenoxy) is 1. The predicted molar refractivity (Wildman–Crippen MR) is 101 cm³/mol. The van der Waals surface area contributed by atoms with E-state index in [1.165, 1.54) is 5.56 Å². The van der Waals surface area contributed by atoms with E-state index in [2.05, 4.69) is 21.6 Å². The minimum Gasteiger partial charge on any atom is -0.497 e. The molecule has 1 atom stereocenters. The Labute approximate surface area is 153 Å². The Morgan fingerprint density at radius 2 is 2.00 bits per heavy atom. The van der Waals surface area contributed by atoms with E-state index in [1.807, 2.05) is 48.7 Å². The third-order valence-electron chi connectivity index (χ3n) is 5.16. The van der Waals surface area contributed by atoms with Gasteiger partial charge in [-0.1, -0.05) is 24.3 Å². The van der Waals surface area contributed by atoms with E-state index < -0.39 is 5.60 Å². The van der Waals surface area contributed by atoms with Gasteiger partial charge in [-0.15, -0.1) is 0 Å². The van der Waals surface area contributed by atoms with E-state index in [0.29, 0.717) is 13.1 Å². The van der Waals surface area contributed by atoms with Gasteiger partial charge in [-0.2, -0.15) is 5.10 Å². The first kappa shape index (κ1) is 16.8. The maximum Gasteiger partial charge on any atom is 0.118 e. The van der Waals surface area contributed by atoms with Crippen LogP contribution in [0.2, 0.25) is 0 Å². The molecule has 1 aromatic heterocycles. The smallest absolute Gasteiger partial charge is 0.118 e. The van der Waals surface area contributed by atoms with Gasteiger partial charge in [0.1, 0.15) is 11.4 Å². The summed E-state index contributed by atoms with van der Waals surface area (Å²) in [5.41, 5.74) is 4.63. The molecule has 0 bridgehead atoms. The summed E-state index contributed by atoms with van der Waals surface area (Å²) in [6.07, 6.45) is 3.52. The van der Waals surface area contributed by atoms with Gasteiger partial charge < -0.3 is 15.2 Å². The van der Waals surface area contributed by atoms with Crippen molar-refractivity contribution in [1.29, 1.82) is 0 Å². The van der Waals surface area contributed by atoms with Crippen molar-refractivity contribution >= 4 is 0 Å². The highest BCUT2D eigenvalue weighted by atomic mass is 16.5. The lowest BCUT2D eigenvalue weighted by molar-refractivity contribution is 0.0384. The summed E-state index contributed by atoms with van der Waals surface area (Å²) >= 11 is 0. The van der Waals surface area contributed by atoms with E-state index in [4.69, 9.17) is 4.74 Å². The number of aromatic amines is 1. The number of H-pyrrole nitrogens is 1. The van der Waals surface area contributed by atoms with E-state index in [1.54, 1.807) is 7.11 Å². The number of hydrogen-bond donors (Lipinski definition) is 3. The van der Waals surface area contributed by atoms with Crippen LogP contribution in [0.3, 0.4) is 0 Å². The molecule has 134 valence electrons. The van der Waals surface area contributed by atoms with Gasteiger partial charge in [0.05, 0.1) is 19.0 Å². The number of hydrogen-bond acceptors (Lipinski definition) is 4. The lowest BCUT2D eigenvalue weighted by Crippen LogP contribution is -2.36. The quantitative estimate of drug-likeness (QED) is 0.640. The number of methoxy groups -OCH3 is 1. The summed E-state index contributed by atoms with van der Waals surface area (Å²) in [5, 5.41) is 21.7. The molecule has 26 heavy (non-hydrogen) atoms. The summed E-state index contributed by atoms with van der Waals surface area (Å²) in [6, 6.07) is 16.1. The van der Waals surface area contributed by atoms with Crippen LogP contribution in [0.25, 0.3) is 11.3 Å². The van der Waals surface area contributed by atoms with Crippen LogP contribution < -0.4 is 10.1 Å². The molecule has 0 saturated heterocycles. The van der Waals surface area contributed by atoms with Gasteiger partial charge in [0.15, 0.2) is 0 Å². The van der Waals surface area contributed by atoms with Crippen molar-refractivity contribution in [1.82, 2.24) is 15.5 Å². The first-order valence-electron chi connectivity index (χ1n) is 8.88. The molecule has 1 unspecified atom stereocenters. The van der Waals surface area contributed by atoms with Gasteiger partial charge in [0, 0.05) is 24.2 Å². The van der Waals surface area contributed by atoms with E-state index in [0.717, 1.165) is 41.0 Å². The number of nitrogens with zero attached hydrogens (tertiary/aromatic N) is 1.